The Balaban J connectivity index is 3.35. The van der Waals surface area contributed by atoms with Gasteiger partial charge in [0.25, 0.3) is 0 Å². The Kier molecular flexibility index (Phi) is 5.17. The van der Waals surface area contributed by atoms with Gasteiger partial charge < -0.3 is 4.74 Å². The Morgan fingerprint density at radius 3 is 2.65 bits per heavy atom. The molecule has 0 aliphatic heterocycles. The summed E-state index contributed by atoms with van der Waals surface area (Å²) in [7, 11) is 0. The molecule has 3 nitrogen and oxygen atoms in total. The van der Waals surface area contributed by atoms with E-state index in [0.29, 0.717) is 29.5 Å². The van der Waals surface area contributed by atoms with Crippen molar-refractivity contribution < 1.29 is 9.53 Å². The maximum Gasteiger partial charge on any atom is 0.339 e. The van der Waals surface area contributed by atoms with E-state index >= 15 is 0 Å². The quantitative estimate of drug-likeness (QED) is 0.633. The largest absolute Gasteiger partial charge is 0.462 e. The number of aryl methyl sites for hydroxylation is 1. The van der Waals surface area contributed by atoms with Crippen LogP contribution in [0.2, 0.25) is 0 Å². The van der Waals surface area contributed by atoms with Crippen molar-refractivity contribution in [1.82, 2.24) is 0 Å². The first-order valence-electron chi connectivity index (χ1n) is 5.46. The highest BCUT2D eigenvalue weighted by molar-refractivity contribution is 9.08. The molecular formula is C13H14BrNO2. The van der Waals surface area contributed by atoms with Crippen molar-refractivity contribution in [3.63, 3.8) is 0 Å². The number of nitrogens with zero attached hydrogens (tertiary/aromatic N) is 1. The van der Waals surface area contributed by atoms with Crippen molar-refractivity contribution in [2.24, 2.45) is 0 Å². The monoisotopic (exact) mass is 295 g/mol. The van der Waals surface area contributed by atoms with Crippen LogP contribution in [0.1, 0.15) is 40.9 Å². The lowest BCUT2D eigenvalue weighted by molar-refractivity contribution is 0.0525. The van der Waals surface area contributed by atoms with Crippen LogP contribution in [0, 0.1) is 11.3 Å². The van der Waals surface area contributed by atoms with Crippen molar-refractivity contribution in [1.29, 1.82) is 5.26 Å². The van der Waals surface area contributed by atoms with Crippen LogP contribution in [-0.2, 0) is 16.5 Å². The molecule has 0 spiro atoms. The van der Waals surface area contributed by atoms with Gasteiger partial charge in [0.15, 0.2) is 0 Å². The average Bonchev–Trinajstić information content (AvgIpc) is 2.37. The van der Waals surface area contributed by atoms with Crippen molar-refractivity contribution in [3.05, 3.63) is 34.4 Å². The Morgan fingerprint density at radius 2 is 2.18 bits per heavy atom. The molecule has 4 heteroatoms. The molecule has 0 aliphatic rings. The number of nitriles is 1. The van der Waals surface area contributed by atoms with Crippen molar-refractivity contribution >= 4 is 21.9 Å². The second kappa shape index (κ2) is 6.41. The van der Waals surface area contributed by atoms with Gasteiger partial charge in [0.05, 0.1) is 17.7 Å². The van der Waals surface area contributed by atoms with Crippen LogP contribution in [-0.4, -0.2) is 12.6 Å². The standard InChI is InChI=1S/C13H14BrNO2/c1-3-10-5-9(7-14)6-11(8-15)12(10)13(16)17-4-2/h5-6H,3-4,7H2,1-2H3. The molecule has 1 rings (SSSR count). The zero-order chi connectivity index (χ0) is 12.8. The van der Waals surface area contributed by atoms with E-state index in [1.165, 1.54) is 0 Å². The van der Waals surface area contributed by atoms with Gasteiger partial charge in [-0.3, -0.25) is 0 Å². The number of carbonyl (C=O) groups excluding carboxylic acids is 1. The molecule has 0 radical (unpaired) electrons. The highest BCUT2D eigenvalue weighted by atomic mass is 79.9. The lowest BCUT2D eigenvalue weighted by Gasteiger charge is -2.10. The minimum absolute atomic E-state index is 0.313. The second-order valence-electron chi connectivity index (χ2n) is 3.50. The molecule has 0 aromatic heterocycles. The SMILES string of the molecule is CCOC(=O)c1c(C#N)cc(CBr)cc1CC. The first-order chi connectivity index (χ1) is 8.17. The molecule has 0 aliphatic carbocycles. The van der Waals surface area contributed by atoms with E-state index in [9.17, 15) is 4.79 Å². The summed E-state index contributed by atoms with van der Waals surface area (Å²) < 4.78 is 4.98. The molecule has 0 amide bonds. The van der Waals surface area contributed by atoms with Gasteiger partial charge in [-0.25, -0.2) is 4.79 Å². The van der Waals surface area contributed by atoms with Crippen LogP contribution >= 0.6 is 15.9 Å². The van der Waals surface area contributed by atoms with Crippen LogP contribution in [0.15, 0.2) is 12.1 Å². The Morgan fingerprint density at radius 1 is 1.47 bits per heavy atom. The zero-order valence-corrected chi connectivity index (χ0v) is 11.5. The zero-order valence-electron chi connectivity index (χ0n) is 9.92. The Hall–Kier alpha value is -1.34. The predicted octanol–water partition coefficient (Wildman–Crippen LogP) is 3.19. The molecule has 0 fully saturated rings. The molecule has 90 valence electrons. The molecule has 0 heterocycles. The number of hydrogen-bond donors (Lipinski definition) is 0. The fourth-order valence-corrected chi connectivity index (χ4v) is 1.98. The van der Waals surface area contributed by atoms with E-state index in [0.717, 1.165) is 11.1 Å². The molecule has 0 saturated heterocycles. The van der Waals surface area contributed by atoms with E-state index in [-0.39, 0.29) is 0 Å². The number of rotatable bonds is 4. The minimum Gasteiger partial charge on any atom is -0.462 e. The van der Waals surface area contributed by atoms with Gasteiger partial charge in [-0.15, -0.1) is 0 Å². The highest BCUT2D eigenvalue weighted by Gasteiger charge is 2.17. The number of benzene rings is 1. The van der Waals surface area contributed by atoms with Gasteiger partial charge in [-0.2, -0.15) is 5.26 Å². The normalized spacial score (nSPS) is 9.76. The van der Waals surface area contributed by atoms with Crippen molar-refractivity contribution in [2.75, 3.05) is 6.61 Å². The van der Waals surface area contributed by atoms with Crippen LogP contribution in [0.5, 0.6) is 0 Å². The summed E-state index contributed by atoms with van der Waals surface area (Å²) in [5.74, 6) is -0.415. The summed E-state index contributed by atoms with van der Waals surface area (Å²) in [6.07, 6.45) is 0.698. The van der Waals surface area contributed by atoms with E-state index in [2.05, 4.69) is 22.0 Å². The summed E-state index contributed by atoms with van der Waals surface area (Å²) in [4.78, 5) is 11.8. The van der Waals surface area contributed by atoms with E-state index in [1.807, 2.05) is 13.0 Å². The van der Waals surface area contributed by atoms with Gasteiger partial charge in [0.2, 0.25) is 0 Å². The number of alkyl halides is 1. The van der Waals surface area contributed by atoms with Gasteiger partial charge in [-0.05, 0) is 30.5 Å². The van der Waals surface area contributed by atoms with Crippen LogP contribution in [0.4, 0.5) is 0 Å². The van der Waals surface area contributed by atoms with Crippen molar-refractivity contribution in [2.45, 2.75) is 25.6 Å². The third kappa shape index (κ3) is 3.07. The number of esters is 1. The van der Waals surface area contributed by atoms with E-state index in [4.69, 9.17) is 10.00 Å². The molecule has 0 bridgehead atoms. The molecule has 0 N–H and O–H groups in total. The number of carbonyl (C=O) groups is 1. The van der Waals surface area contributed by atoms with E-state index in [1.54, 1.807) is 13.0 Å². The molecule has 0 saturated carbocycles. The van der Waals surface area contributed by atoms with Crippen LogP contribution in [0.3, 0.4) is 0 Å². The molecule has 0 unspecified atom stereocenters. The maximum atomic E-state index is 11.8. The summed E-state index contributed by atoms with van der Waals surface area (Å²) in [6, 6.07) is 5.72. The molecule has 17 heavy (non-hydrogen) atoms. The molecule has 0 atom stereocenters. The van der Waals surface area contributed by atoms with Gasteiger partial charge in [0.1, 0.15) is 6.07 Å². The maximum absolute atomic E-state index is 11.8. The number of halogens is 1. The molecule has 1 aromatic carbocycles. The summed E-state index contributed by atoms with van der Waals surface area (Å²) >= 11 is 3.35. The number of hydrogen-bond acceptors (Lipinski definition) is 3. The van der Waals surface area contributed by atoms with Crippen LogP contribution in [0.25, 0.3) is 0 Å². The third-order valence-electron chi connectivity index (χ3n) is 2.42. The Bertz CT molecular complexity index is 463. The third-order valence-corrected chi connectivity index (χ3v) is 3.06. The average molecular weight is 296 g/mol. The van der Waals surface area contributed by atoms with E-state index < -0.39 is 5.97 Å². The predicted molar refractivity (Wildman–Crippen MR) is 69.1 cm³/mol. The molecule has 1 aromatic rings. The van der Waals surface area contributed by atoms with Gasteiger partial charge in [0, 0.05) is 5.33 Å². The van der Waals surface area contributed by atoms with Gasteiger partial charge in [-0.1, -0.05) is 28.9 Å². The van der Waals surface area contributed by atoms with Crippen LogP contribution < -0.4 is 0 Å². The summed E-state index contributed by atoms with van der Waals surface area (Å²) in [6.45, 7) is 4.02. The second-order valence-corrected chi connectivity index (χ2v) is 4.06. The van der Waals surface area contributed by atoms with Gasteiger partial charge >= 0.3 is 5.97 Å². The smallest absolute Gasteiger partial charge is 0.339 e. The van der Waals surface area contributed by atoms with Crippen molar-refractivity contribution in [3.8, 4) is 6.07 Å². The lowest BCUT2D eigenvalue weighted by atomic mass is 9.97. The molecular weight excluding hydrogens is 282 g/mol. The fraction of sp³-hybridized carbons (Fsp3) is 0.385. The highest BCUT2D eigenvalue weighted by Crippen LogP contribution is 2.21. The number of ether oxygens (including phenoxy) is 1. The minimum atomic E-state index is -0.415. The Labute approximate surface area is 110 Å². The lowest BCUT2D eigenvalue weighted by Crippen LogP contribution is -2.11. The first-order valence-corrected chi connectivity index (χ1v) is 6.59. The fourth-order valence-electron chi connectivity index (χ4n) is 1.66. The topological polar surface area (TPSA) is 50.1 Å². The summed E-state index contributed by atoms with van der Waals surface area (Å²) in [5.41, 5.74) is 2.64. The first kappa shape index (κ1) is 13.7. The summed E-state index contributed by atoms with van der Waals surface area (Å²) in [5, 5.41) is 9.77.